The lowest BCUT2D eigenvalue weighted by Crippen LogP contribution is -2.31. The zero-order chi connectivity index (χ0) is 12.8. The molecule has 1 saturated carbocycles. The van der Waals surface area contributed by atoms with E-state index in [0.717, 1.165) is 11.3 Å². The third-order valence-electron chi connectivity index (χ3n) is 3.39. The molecule has 3 heteroatoms. The molecule has 0 bridgehead atoms. The SMILES string of the molecule is CCSc1ccc(C(=O)CNC2CCCC2)cc1. The highest BCUT2D eigenvalue weighted by molar-refractivity contribution is 7.99. The van der Waals surface area contributed by atoms with Gasteiger partial charge in [-0.25, -0.2) is 0 Å². The van der Waals surface area contributed by atoms with Crippen molar-refractivity contribution in [1.29, 1.82) is 0 Å². The Morgan fingerprint density at radius 2 is 1.94 bits per heavy atom. The molecule has 0 aliphatic heterocycles. The van der Waals surface area contributed by atoms with E-state index in [1.807, 2.05) is 24.3 Å². The Labute approximate surface area is 114 Å². The summed E-state index contributed by atoms with van der Waals surface area (Å²) in [7, 11) is 0. The first-order valence-corrected chi connectivity index (χ1v) is 7.77. The molecule has 1 aliphatic carbocycles. The maximum atomic E-state index is 12.0. The maximum absolute atomic E-state index is 12.0. The van der Waals surface area contributed by atoms with Gasteiger partial charge in [0.05, 0.1) is 6.54 Å². The lowest BCUT2D eigenvalue weighted by atomic mass is 10.1. The minimum Gasteiger partial charge on any atom is -0.307 e. The Morgan fingerprint density at radius 1 is 1.28 bits per heavy atom. The molecule has 0 saturated heterocycles. The van der Waals surface area contributed by atoms with Crippen molar-refractivity contribution >= 4 is 17.5 Å². The Bertz CT molecular complexity index is 382. The number of ketones is 1. The highest BCUT2D eigenvalue weighted by Crippen LogP contribution is 2.19. The summed E-state index contributed by atoms with van der Waals surface area (Å²) in [6.45, 7) is 2.61. The van der Waals surface area contributed by atoms with Crippen LogP contribution in [0, 0.1) is 0 Å². The molecule has 0 unspecified atom stereocenters. The van der Waals surface area contributed by atoms with Gasteiger partial charge in [-0.05, 0) is 30.7 Å². The van der Waals surface area contributed by atoms with E-state index in [0.29, 0.717) is 12.6 Å². The average molecular weight is 263 g/mol. The van der Waals surface area contributed by atoms with Gasteiger partial charge in [0.15, 0.2) is 5.78 Å². The van der Waals surface area contributed by atoms with Crippen molar-refractivity contribution in [2.75, 3.05) is 12.3 Å². The van der Waals surface area contributed by atoms with E-state index >= 15 is 0 Å². The van der Waals surface area contributed by atoms with Crippen LogP contribution in [0.4, 0.5) is 0 Å². The molecule has 2 rings (SSSR count). The third kappa shape index (κ3) is 3.85. The molecule has 1 aromatic carbocycles. The van der Waals surface area contributed by atoms with Crippen LogP contribution in [0.25, 0.3) is 0 Å². The van der Waals surface area contributed by atoms with Crippen LogP contribution in [0.5, 0.6) is 0 Å². The van der Waals surface area contributed by atoms with Crippen molar-refractivity contribution in [3.05, 3.63) is 29.8 Å². The Morgan fingerprint density at radius 3 is 2.56 bits per heavy atom. The molecule has 18 heavy (non-hydrogen) atoms. The van der Waals surface area contributed by atoms with Gasteiger partial charge in [-0.3, -0.25) is 4.79 Å². The van der Waals surface area contributed by atoms with Gasteiger partial charge in [0.1, 0.15) is 0 Å². The monoisotopic (exact) mass is 263 g/mol. The minimum atomic E-state index is 0.204. The number of carbonyl (C=O) groups excluding carboxylic acids is 1. The largest absolute Gasteiger partial charge is 0.307 e. The van der Waals surface area contributed by atoms with Crippen LogP contribution in [0.15, 0.2) is 29.2 Å². The van der Waals surface area contributed by atoms with Crippen LogP contribution in [0.2, 0.25) is 0 Å². The van der Waals surface area contributed by atoms with Crippen LogP contribution in [0.3, 0.4) is 0 Å². The van der Waals surface area contributed by atoms with Crippen molar-refractivity contribution in [2.24, 2.45) is 0 Å². The summed E-state index contributed by atoms with van der Waals surface area (Å²) in [5.41, 5.74) is 0.820. The summed E-state index contributed by atoms with van der Waals surface area (Å²) in [5, 5.41) is 3.36. The first-order valence-electron chi connectivity index (χ1n) is 6.79. The third-order valence-corrected chi connectivity index (χ3v) is 4.29. The van der Waals surface area contributed by atoms with Crippen LogP contribution in [0.1, 0.15) is 43.0 Å². The first kappa shape index (κ1) is 13.6. The van der Waals surface area contributed by atoms with Crippen molar-refractivity contribution in [3.63, 3.8) is 0 Å². The second-order valence-corrected chi connectivity index (χ2v) is 6.08. The predicted octanol–water partition coefficient (Wildman–Crippen LogP) is 3.51. The summed E-state index contributed by atoms with van der Waals surface area (Å²) < 4.78 is 0. The van der Waals surface area contributed by atoms with E-state index in [2.05, 4.69) is 12.2 Å². The number of Topliss-reactive ketones (excluding diaryl/α,β-unsaturated/α-hetero) is 1. The number of hydrogen-bond donors (Lipinski definition) is 1. The summed E-state index contributed by atoms with van der Waals surface area (Å²) in [6, 6.07) is 8.52. The molecule has 0 heterocycles. The molecule has 0 atom stereocenters. The van der Waals surface area contributed by atoms with E-state index in [4.69, 9.17) is 0 Å². The molecule has 1 aliphatic rings. The molecule has 0 amide bonds. The lowest BCUT2D eigenvalue weighted by Gasteiger charge is -2.10. The normalized spacial score (nSPS) is 16.1. The Balaban J connectivity index is 1.83. The number of nitrogens with one attached hydrogen (secondary N) is 1. The van der Waals surface area contributed by atoms with Gasteiger partial charge in [0, 0.05) is 16.5 Å². The summed E-state index contributed by atoms with van der Waals surface area (Å²) in [5.74, 6) is 1.27. The van der Waals surface area contributed by atoms with Crippen molar-refractivity contribution in [2.45, 2.75) is 43.5 Å². The van der Waals surface area contributed by atoms with Gasteiger partial charge in [-0.2, -0.15) is 0 Å². The summed E-state index contributed by atoms with van der Waals surface area (Å²) in [4.78, 5) is 13.2. The molecule has 98 valence electrons. The fraction of sp³-hybridized carbons (Fsp3) is 0.533. The van der Waals surface area contributed by atoms with Crippen LogP contribution < -0.4 is 5.32 Å². The van der Waals surface area contributed by atoms with Crippen molar-refractivity contribution < 1.29 is 4.79 Å². The van der Waals surface area contributed by atoms with Crippen LogP contribution in [-0.2, 0) is 0 Å². The minimum absolute atomic E-state index is 0.204. The quantitative estimate of drug-likeness (QED) is 0.629. The van der Waals surface area contributed by atoms with Gasteiger partial charge >= 0.3 is 0 Å². The molecule has 2 nitrogen and oxygen atoms in total. The van der Waals surface area contributed by atoms with Crippen LogP contribution in [-0.4, -0.2) is 24.1 Å². The van der Waals surface area contributed by atoms with Gasteiger partial charge in [-0.1, -0.05) is 31.9 Å². The van der Waals surface area contributed by atoms with Gasteiger partial charge in [0.25, 0.3) is 0 Å². The fourth-order valence-electron chi connectivity index (χ4n) is 2.37. The zero-order valence-corrected chi connectivity index (χ0v) is 11.8. The molecule has 1 aromatic rings. The zero-order valence-electron chi connectivity index (χ0n) is 10.9. The second kappa shape index (κ2) is 6.95. The van der Waals surface area contributed by atoms with Crippen molar-refractivity contribution in [1.82, 2.24) is 5.32 Å². The van der Waals surface area contributed by atoms with E-state index in [-0.39, 0.29) is 5.78 Å². The number of thioether (sulfide) groups is 1. The molecule has 0 aromatic heterocycles. The second-order valence-electron chi connectivity index (χ2n) is 4.74. The first-order chi connectivity index (χ1) is 8.79. The number of hydrogen-bond acceptors (Lipinski definition) is 3. The lowest BCUT2D eigenvalue weighted by molar-refractivity contribution is 0.0987. The smallest absolute Gasteiger partial charge is 0.176 e. The van der Waals surface area contributed by atoms with E-state index < -0.39 is 0 Å². The highest BCUT2D eigenvalue weighted by atomic mass is 32.2. The van der Waals surface area contributed by atoms with E-state index in [1.165, 1.54) is 30.6 Å². The van der Waals surface area contributed by atoms with Crippen molar-refractivity contribution in [3.8, 4) is 0 Å². The standard InChI is InChI=1S/C15H21NOS/c1-2-18-14-9-7-12(8-10-14)15(17)11-16-13-5-3-4-6-13/h7-10,13,16H,2-6,11H2,1H3. The van der Waals surface area contributed by atoms with Crippen LogP contribution >= 0.6 is 11.8 Å². The number of carbonyl (C=O) groups is 1. The Kier molecular flexibility index (Phi) is 5.26. The molecule has 1 N–H and O–H groups in total. The Hall–Kier alpha value is -0.800. The molecular weight excluding hydrogens is 242 g/mol. The molecule has 0 spiro atoms. The van der Waals surface area contributed by atoms with Gasteiger partial charge in [0.2, 0.25) is 0 Å². The molecule has 0 radical (unpaired) electrons. The molecular formula is C15H21NOS. The maximum Gasteiger partial charge on any atom is 0.176 e. The molecule has 1 fully saturated rings. The fourth-order valence-corrected chi connectivity index (χ4v) is 3.03. The number of benzene rings is 1. The number of rotatable bonds is 6. The van der Waals surface area contributed by atoms with Gasteiger partial charge < -0.3 is 5.32 Å². The van der Waals surface area contributed by atoms with E-state index in [9.17, 15) is 4.79 Å². The summed E-state index contributed by atoms with van der Waals surface area (Å²) in [6.07, 6.45) is 5.04. The summed E-state index contributed by atoms with van der Waals surface area (Å²) >= 11 is 1.80. The highest BCUT2D eigenvalue weighted by Gasteiger charge is 2.15. The topological polar surface area (TPSA) is 29.1 Å². The van der Waals surface area contributed by atoms with Gasteiger partial charge in [-0.15, -0.1) is 11.8 Å². The average Bonchev–Trinajstić information content (AvgIpc) is 2.90. The predicted molar refractivity (Wildman–Crippen MR) is 77.4 cm³/mol. The van der Waals surface area contributed by atoms with E-state index in [1.54, 1.807) is 11.8 Å².